The number of unbranched alkanes of at least 4 members (excludes halogenated alkanes) is 1. The van der Waals surface area contributed by atoms with Crippen LogP contribution in [0.15, 0.2) is 0 Å². The maximum atomic E-state index is 2.73. The van der Waals surface area contributed by atoms with Crippen molar-refractivity contribution in [2.45, 2.75) is 105 Å². The minimum atomic E-state index is 0.707. The Bertz CT molecular complexity index is 453. The third-order valence-corrected chi connectivity index (χ3v) is 10.0. The normalized spacial score (nSPS) is 54.0. The number of rotatable bonds is 3. The van der Waals surface area contributed by atoms with Crippen LogP contribution in [0.3, 0.4) is 0 Å². The van der Waals surface area contributed by atoms with Crippen LogP contribution in [0.1, 0.15) is 105 Å². The average Bonchev–Trinajstić information content (AvgIpc) is 2.90. The SMILES string of the molecule is CCCCC1CCC2C3CCC4CC(C)CCC4(C)C3CCC12C. The largest absolute Gasteiger partial charge is 0.0654 e. The van der Waals surface area contributed by atoms with Crippen LogP contribution in [0.4, 0.5) is 0 Å². The second kappa shape index (κ2) is 6.31. The van der Waals surface area contributed by atoms with E-state index in [0.717, 1.165) is 35.5 Å². The maximum Gasteiger partial charge on any atom is -0.0266 e. The fraction of sp³-hybridized carbons (Fsp3) is 1.00. The molecule has 24 heavy (non-hydrogen) atoms. The van der Waals surface area contributed by atoms with Crippen LogP contribution in [0, 0.1) is 46.3 Å². The zero-order valence-corrected chi connectivity index (χ0v) is 16.9. The first-order valence-electron chi connectivity index (χ1n) is 11.5. The van der Waals surface area contributed by atoms with E-state index in [9.17, 15) is 0 Å². The van der Waals surface area contributed by atoms with Crippen molar-refractivity contribution in [1.29, 1.82) is 0 Å². The van der Waals surface area contributed by atoms with Crippen molar-refractivity contribution >= 4 is 0 Å². The highest BCUT2D eigenvalue weighted by Gasteiger charge is 2.59. The van der Waals surface area contributed by atoms with Gasteiger partial charge in [-0.1, -0.05) is 47.0 Å². The first-order valence-corrected chi connectivity index (χ1v) is 11.5. The molecule has 8 atom stereocenters. The van der Waals surface area contributed by atoms with E-state index in [1.54, 1.807) is 51.4 Å². The molecule has 0 aromatic carbocycles. The molecule has 8 unspecified atom stereocenters. The third kappa shape index (κ3) is 2.52. The molecule has 0 aliphatic heterocycles. The molecule has 4 aliphatic carbocycles. The molecule has 0 aromatic rings. The van der Waals surface area contributed by atoms with Gasteiger partial charge < -0.3 is 0 Å². The van der Waals surface area contributed by atoms with E-state index < -0.39 is 0 Å². The van der Waals surface area contributed by atoms with E-state index >= 15 is 0 Å². The molecule has 0 saturated heterocycles. The minimum Gasteiger partial charge on any atom is -0.0654 e. The van der Waals surface area contributed by atoms with Gasteiger partial charge in [-0.25, -0.2) is 0 Å². The molecule has 0 bridgehead atoms. The highest BCUT2D eigenvalue weighted by atomic mass is 14.6. The van der Waals surface area contributed by atoms with Crippen molar-refractivity contribution in [2.75, 3.05) is 0 Å². The van der Waals surface area contributed by atoms with Gasteiger partial charge in [0.2, 0.25) is 0 Å². The zero-order valence-electron chi connectivity index (χ0n) is 16.9. The summed E-state index contributed by atoms with van der Waals surface area (Å²) in [7, 11) is 0. The predicted molar refractivity (Wildman–Crippen MR) is 104 cm³/mol. The molecule has 0 radical (unpaired) electrons. The van der Waals surface area contributed by atoms with E-state index in [1.807, 2.05) is 0 Å². The Kier molecular flexibility index (Phi) is 4.58. The summed E-state index contributed by atoms with van der Waals surface area (Å²) in [6, 6.07) is 0. The molecular weight excluding hydrogens is 288 g/mol. The Balaban J connectivity index is 1.54. The molecule has 4 saturated carbocycles. The Labute approximate surface area is 151 Å². The van der Waals surface area contributed by atoms with E-state index in [1.165, 1.54) is 25.7 Å². The molecule has 4 rings (SSSR count). The average molecular weight is 331 g/mol. The second-order valence-electron chi connectivity index (χ2n) is 11.0. The van der Waals surface area contributed by atoms with Gasteiger partial charge in [-0.05, 0) is 104 Å². The van der Waals surface area contributed by atoms with Crippen molar-refractivity contribution in [2.24, 2.45) is 46.3 Å². The molecule has 0 heterocycles. The fourth-order valence-electron chi connectivity index (χ4n) is 8.51. The van der Waals surface area contributed by atoms with Gasteiger partial charge in [-0.3, -0.25) is 0 Å². The third-order valence-electron chi connectivity index (χ3n) is 10.0. The lowest BCUT2D eigenvalue weighted by Gasteiger charge is -2.61. The molecule has 0 amide bonds. The zero-order chi connectivity index (χ0) is 16.9. The predicted octanol–water partition coefficient (Wildman–Crippen LogP) is 7.47. The summed E-state index contributed by atoms with van der Waals surface area (Å²) in [6.07, 6.45) is 18.4. The summed E-state index contributed by atoms with van der Waals surface area (Å²) < 4.78 is 0. The van der Waals surface area contributed by atoms with Crippen molar-refractivity contribution in [3.05, 3.63) is 0 Å². The highest BCUT2D eigenvalue weighted by molar-refractivity contribution is 5.08. The van der Waals surface area contributed by atoms with Crippen molar-refractivity contribution < 1.29 is 0 Å². The first-order chi connectivity index (χ1) is 11.5. The van der Waals surface area contributed by atoms with Crippen LogP contribution in [-0.4, -0.2) is 0 Å². The molecule has 4 fully saturated rings. The van der Waals surface area contributed by atoms with E-state index in [4.69, 9.17) is 0 Å². The summed E-state index contributed by atoms with van der Waals surface area (Å²) in [5.74, 6) is 6.36. The first kappa shape index (κ1) is 17.4. The highest BCUT2D eigenvalue weighted by Crippen LogP contribution is 2.68. The fourth-order valence-corrected chi connectivity index (χ4v) is 8.51. The lowest BCUT2D eigenvalue weighted by molar-refractivity contribution is -0.117. The quantitative estimate of drug-likeness (QED) is 0.503. The van der Waals surface area contributed by atoms with Crippen LogP contribution < -0.4 is 0 Å². The molecular formula is C24H42. The topological polar surface area (TPSA) is 0 Å². The molecule has 138 valence electrons. The van der Waals surface area contributed by atoms with Crippen LogP contribution >= 0.6 is 0 Å². The summed E-state index contributed by atoms with van der Waals surface area (Å²) in [6.45, 7) is 10.3. The Hall–Kier alpha value is 0. The monoisotopic (exact) mass is 330 g/mol. The molecule has 0 nitrogen and oxygen atoms in total. The van der Waals surface area contributed by atoms with Gasteiger partial charge >= 0.3 is 0 Å². The molecule has 4 aliphatic rings. The van der Waals surface area contributed by atoms with Gasteiger partial charge in [-0.2, -0.15) is 0 Å². The maximum absolute atomic E-state index is 2.73. The van der Waals surface area contributed by atoms with E-state index in [-0.39, 0.29) is 0 Å². The van der Waals surface area contributed by atoms with Crippen molar-refractivity contribution in [3.8, 4) is 0 Å². The smallest absolute Gasteiger partial charge is 0.0266 e. The van der Waals surface area contributed by atoms with Crippen LogP contribution in [0.25, 0.3) is 0 Å². The number of hydrogen-bond acceptors (Lipinski definition) is 0. The molecule has 0 N–H and O–H groups in total. The molecule has 0 aromatic heterocycles. The summed E-state index contributed by atoms with van der Waals surface area (Å²) in [5, 5.41) is 0. The second-order valence-corrected chi connectivity index (χ2v) is 11.0. The van der Waals surface area contributed by atoms with Gasteiger partial charge in [0, 0.05) is 0 Å². The van der Waals surface area contributed by atoms with Gasteiger partial charge in [0.15, 0.2) is 0 Å². The molecule has 0 spiro atoms. The standard InChI is InChI=1S/C24H42/c1-5-6-7-18-9-11-21-20-10-8-19-16-17(2)12-14-24(19,4)22(20)13-15-23(18,21)3/h17-22H,5-16H2,1-4H3. The molecule has 0 heteroatoms. The Morgan fingerprint density at radius 3 is 2.38 bits per heavy atom. The summed E-state index contributed by atoms with van der Waals surface area (Å²) >= 11 is 0. The lowest BCUT2D eigenvalue weighted by Crippen LogP contribution is -2.53. The Morgan fingerprint density at radius 2 is 1.58 bits per heavy atom. The summed E-state index contributed by atoms with van der Waals surface area (Å²) in [4.78, 5) is 0. The lowest BCUT2D eigenvalue weighted by atomic mass is 9.44. The Morgan fingerprint density at radius 1 is 0.833 bits per heavy atom. The van der Waals surface area contributed by atoms with Gasteiger partial charge in [0.05, 0.1) is 0 Å². The van der Waals surface area contributed by atoms with Gasteiger partial charge in [-0.15, -0.1) is 0 Å². The van der Waals surface area contributed by atoms with Crippen molar-refractivity contribution in [3.63, 3.8) is 0 Å². The van der Waals surface area contributed by atoms with Gasteiger partial charge in [0.25, 0.3) is 0 Å². The minimum absolute atomic E-state index is 0.707. The number of hydrogen-bond donors (Lipinski definition) is 0. The van der Waals surface area contributed by atoms with E-state index in [2.05, 4.69) is 27.7 Å². The van der Waals surface area contributed by atoms with Crippen LogP contribution in [0.2, 0.25) is 0 Å². The van der Waals surface area contributed by atoms with Crippen LogP contribution in [-0.2, 0) is 0 Å². The van der Waals surface area contributed by atoms with E-state index in [0.29, 0.717) is 10.8 Å². The summed E-state index contributed by atoms with van der Waals surface area (Å²) in [5.41, 5.74) is 1.42. The van der Waals surface area contributed by atoms with Crippen molar-refractivity contribution in [1.82, 2.24) is 0 Å². The van der Waals surface area contributed by atoms with Gasteiger partial charge in [0.1, 0.15) is 0 Å². The van der Waals surface area contributed by atoms with Crippen LogP contribution in [0.5, 0.6) is 0 Å². The number of fused-ring (bicyclic) bond motifs is 5.